The monoisotopic (exact) mass is 330 g/mol. The van der Waals surface area contributed by atoms with Gasteiger partial charge in [-0.2, -0.15) is 0 Å². The van der Waals surface area contributed by atoms with Crippen molar-refractivity contribution in [3.05, 3.63) is 54.1 Å². The summed E-state index contributed by atoms with van der Waals surface area (Å²) < 4.78 is 11.8. The van der Waals surface area contributed by atoms with E-state index in [1.165, 1.54) is 13.3 Å². The average molecular weight is 330 g/mol. The number of carbonyl (C=O) groups is 2. The van der Waals surface area contributed by atoms with E-state index in [1.807, 2.05) is 37.3 Å². The first-order valence-corrected chi connectivity index (χ1v) is 7.81. The van der Waals surface area contributed by atoms with Crippen LogP contribution in [0.15, 0.2) is 42.9 Å². The fourth-order valence-corrected chi connectivity index (χ4v) is 2.41. The Hall–Kier alpha value is -2.63. The number of carbonyl (C=O) groups excluding carboxylic acids is 2. The van der Waals surface area contributed by atoms with Crippen molar-refractivity contribution in [3.63, 3.8) is 0 Å². The summed E-state index contributed by atoms with van der Waals surface area (Å²) in [6, 6.07) is 9.67. The predicted octanol–water partition coefficient (Wildman–Crippen LogP) is 2.85. The van der Waals surface area contributed by atoms with Crippen LogP contribution in [0.5, 0.6) is 0 Å². The molecule has 128 valence electrons. The Bertz CT molecular complexity index is 694. The molecule has 0 radical (unpaired) electrons. The molecule has 1 aromatic carbocycles. The number of rotatable bonds is 6. The summed E-state index contributed by atoms with van der Waals surface area (Å²) in [7, 11) is 1.27. The minimum Gasteiger partial charge on any atom is -0.466 e. The van der Waals surface area contributed by atoms with Gasteiger partial charge in [0.15, 0.2) is 0 Å². The second-order valence-corrected chi connectivity index (χ2v) is 5.87. The van der Waals surface area contributed by atoms with Gasteiger partial charge in [0.2, 0.25) is 6.10 Å². The van der Waals surface area contributed by atoms with Crippen LogP contribution in [0.25, 0.3) is 0 Å². The smallest absolute Gasteiger partial charge is 0.357 e. The van der Waals surface area contributed by atoms with Gasteiger partial charge < -0.3 is 14.0 Å². The predicted molar refractivity (Wildman–Crippen MR) is 88.5 cm³/mol. The molecule has 0 aliphatic heterocycles. The van der Waals surface area contributed by atoms with Crippen molar-refractivity contribution >= 4 is 11.9 Å². The molecule has 2 rings (SSSR count). The number of benzene rings is 1. The normalized spacial score (nSPS) is 13.4. The number of esters is 2. The topological polar surface area (TPSA) is 70.4 Å². The summed E-state index contributed by atoms with van der Waals surface area (Å²) >= 11 is 0. The molecule has 1 aromatic heterocycles. The molecule has 0 fully saturated rings. The van der Waals surface area contributed by atoms with Gasteiger partial charge >= 0.3 is 11.9 Å². The molecule has 6 heteroatoms. The first-order chi connectivity index (χ1) is 11.5. The molecule has 1 heterocycles. The van der Waals surface area contributed by atoms with E-state index in [1.54, 1.807) is 24.7 Å². The summed E-state index contributed by atoms with van der Waals surface area (Å²) in [5.41, 5.74) is 1.33. The van der Waals surface area contributed by atoms with Crippen LogP contribution in [-0.2, 0) is 14.3 Å². The molecular weight excluding hydrogens is 308 g/mol. The molecule has 2 atom stereocenters. The van der Waals surface area contributed by atoms with Crippen molar-refractivity contribution in [3.8, 4) is 0 Å². The third kappa shape index (κ3) is 3.82. The Labute approximate surface area is 141 Å². The van der Waals surface area contributed by atoms with Crippen LogP contribution in [0.2, 0.25) is 0 Å². The summed E-state index contributed by atoms with van der Waals surface area (Å²) in [6.07, 6.45) is 2.07. The highest BCUT2D eigenvalue weighted by atomic mass is 16.6. The zero-order valence-corrected chi connectivity index (χ0v) is 14.3. The van der Waals surface area contributed by atoms with Gasteiger partial charge in [-0.05, 0) is 12.5 Å². The molecule has 0 aliphatic carbocycles. The Kier molecular flexibility index (Phi) is 5.73. The quantitative estimate of drug-likeness (QED) is 0.762. The van der Waals surface area contributed by atoms with Gasteiger partial charge in [0.1, 0.15) is 5.69 Å². The van der Waals surface area contributed by atoms with Crippen LogP contribution in [-0.4, -0.2) is 34.7 Å². The second kappa shape index (κ2) is 7.77. The number of ether oxygens (including phenoxy) is 2. The molecule has 0 spiro atoms. The Morgan fingerprint density at radius 3 is 2.38 bits per heavy atom. The Morgan fingerprint density at radius 2 is 1.79 bits per heavy atom. The molecule has 0 bridgehead atoms. The summed E-state index contributed by atoms with van der Waals surface area (Å²) in [5, 5.41) is 0. The van der Waals surface area contributed by atoms with Crippen molar-refractivity contribution in [2.24, 2.45) is 5.92 Å². The van der Waals surface area contributed by atoms with Gasteiger partial charge in [-0.3, -0.25) is 0 Å². The lowest BCUT2D eigenvalue weighted by molar-refractivity contribution is -0.153. The standard InChI is InChI=1S/C18H22N2O4/c1-12(2)16(18(22)23-4)24-17(21)15-10-19-11-20(15)13(3)14-8-6-5-7-9-14/h5-13,16H,1-4H3/t13-,16-/m1/s1. The van der Waals surface area contributed by atoms with E-state index in [0.717, 1.165) is 5.56 Å². The molecule has 0 amide bonds. The first-order valence-electron chi connectivity index (χ1n) is 7.81. The van der Waals surface area contributed by atoms with Crippen molar-refractivity contribution in [2.75, 3.05) is 7.11 Å². The first kappa shape index (κ1) is 17.7. The number of aromatic nitrogens is 2. The zero-order chi connectivity index (χ0) is 17.7. The number of hydrogen-bond acceptors (Lipinski definition) is 5. The highest BCUT2D eigenvalue weighted by molar-refractivity contribution is 5.90. The molecule has 6 nitrogen and oxygen atoms in total. The van der Waals surface area contributed by atoms with Gasteiger partial charge in [-0.15, -0.1) is 0 Å². The van der Waals surface area contributed by atoms with E-state index < -0.39 is 18.0 Å². The number of methoxy groups -OCH3 is 1. The fourth-order valence-electron chi connectivity index (χ4n) is 2.41. The molecule has 0 aliphatic rings. The molecule has 0 unspecified atom stereocenters. The summed E-state index contributed by atoms with van der Waals surface area (Å²) in [5.74, 6) is -1.36. The van der Waals surface area contributed by atoms with Crippen LogP contribution < -0.4 is 0 Å². The molecule has 0 N–H and O–H groups in total. The largest absolute Gasteiger partial charge is 0.466 e. The van der Waals surface area contributed by atoms with Gasteiger partial charge in [-0.1, -0.05) is 44.2 Å². The van der Waals surface area contributed by atoms with E-state index in [2.05, 4.69) is 4.98 Å². The zero-order valence-electron chi connectivity index (χ0n) is 14.3. The number of imidazole rings is 1. The molecule has 2 aromatic rings. The number of nitrogens with zero attached hydrogens (tertiary/aromatic N) is 2. The van der Waals surface area contributed by atoms with E-state index in [-0.39, 0.29) is 12.0 Å². The average Bonchev–Trinajstić information content (AvgIpc) is 3.08. The maximum Gasteiger partial charge on any atom is 0.357 e. The van der Waals surface area contributed by atoms with Crippen LogP contribution in [0.4, 0.5) is 0 Å². The van der Waals surface area contributed by atoms with E-state index >= 15 is 0 Å². The van der Waals surface area contributed by atoms with Crippen LogP contribution in [0.1, 0.15) is 42.9 Å². The Morgan fingerprint density at radius 1 is 1.12 bits per heavy atom. The van der Waals surface area contributed by atoms with Gasteiger partial charge in [0.05, 0.1) is 25.7 Å². The SMILES string of the molecule is COC(=O)[C@H](OC(=O)c1cncn1[C@H](C)c1ccccc1)C(C)C. The number of hydrogen-bond donors (Lipinski definition) is 0. The van der Waals surface area contributed by atoms with Gasteiger partial charge in [-0.25, -0.2) is 14.6 Å². The third-order valence-corrected chi connectivity index (χ3v) is 3.85. The molecular formula is C18H22N2O4. The van der Waals surface area contributed by atoms with Crippen molar-refractivity contribution in [1.82, 2.24) is 9.55 Å². The minimum atomic E-state index is -0.946. The van der Waals surface area contributed by atoms with Crippen LogP contribution >= 0.6 is 0 Å². The van der Waals surface area contributed by atoms with E-state index in [4.69, 9.17) is 9.47 Å². The maximum atomic E-state index is 12.5. The fraction of sp³-hybridized carbons (Fsp3) is 0.389. The molecule has 0 saturated carbocycles. The highest BCUT2D eigenvalue weighted by Gasteiger charge is 2.29. The van der Waals surface area contributed by atoms with Gasteiger partial charge in [0, 0.05) is 5.92 Å². The second-order valence-electron chi connectivity index (χ2n) is 5.87. The lowest BCUT2D eigenvalue weighted by atomic mass is 10.1. The minimum absolute atomic E-state index is 0.0909. The van der Waals surface area contributed by atoms with Crippen molar-refractivity contribution in [2.45, 2.75) is 32.9 Å². The van der Waals surface area contributed by atoms with Crippen LogP contribution in [0, 0.1) is 5.92 Å². The maximum absolute atomic E-state index is 12.5. The third-order valence-electron chi connectivity index (χ3n) is 3.85. The van der Waals surface area contributed by atoms with Crippen molar-refractivity contribution < 1.29 is 19.1 Å². The van der Waals surface area contributed by atoms with Crippen molar-refractivity contribution in [1.29, 1.82) is 0 Å². The summed E-state index contributed by atoms with van der Waals surface area (Å²) in [6.45, 7) is 5.55. The highest BCUT2D eigenvalue weighted by Crippen LogP contribution is 2.21. The molecule has 24 heavy (non-hydrogen) atoms. The lowest BCUT2D eigenvalue weighted by Gasteiger charge is -2.20. The van der Waals surface area contributed by atoms with Gasteiger partial charge in [0.25, 0.3) is 0 Å². The lowest BCUT2D eigenvalue weighted by Crippen LogP contribution is -2.33. The van der Waals surface area contributed by atoms with E-state index in [0.29, 0.717) is 5.69 Å². The molecule has 0 saturated heterocycles. The van der Waals surface area contributed by atoms with E-state index in [9.17, 15) is 9.59 Å². The summed E-state index contributed by atoms with van der Waals surface area (Å²) in [4.78, 5) is 28.3. The van der Waals surface area contributed by atoms with Crippen LogP contribution in [0.3, 0.4) is 0 Å². The Balaban J connectivity index is 2.23.